The Kier molecular flexibility index (Phi) is 2.14. The minimum Gasteiger partial charge on any atom is -0.486 e. The van der Waals surface area contributed by atoms with E-state index in [0.29, 0.717) is 25.5 Å². The average Bonchev–Trinajstić information content (AvgIpc) is 2.70. The number of hydrogen-bond acceptors (Lipinski definition) is 4. The van der Waals surface area contributed by atoms with E-state index in [0.717, 1.165) is 11.3 Å². The predicted molar refractivity (Wildman–Crippen MR) is 59.3 cm³/mol. The summed E-state index contributed by atoms with van der Waals surface area (Å²) in [7, 11) is 0. The first-order valence-corrected chi connectivity index (χ1v) is 5.54. The van der Waals surface area contributed by atoms with Crippen LogP contribution >= 0.6 is 0 Å². The highest BCUT2D eigenvalue weighted by molar-refractivity contribution is 5.70. The van der Waals surface area contributed by atoms with Gasteiger partial charge < -0.3 is 19.5 Å². The van der Waals surface area contributed by atoms with Crippen LogP contribution < -0.4 is 14.8 Å². The lowest BCUT2D eigenvalue weighted by Gasteiger charge is -2.24. The van der Waals surface area contributed by atoms with Gasteiger partial charge in [0.25, 0.3) is 0 Å². The quantitative estimate of drug-likeness (QED) is 0.799. The molecule has 1 fully saturated rings. The van der Waals surface area contributed by atoms with Crippen molar-refractivity contribution in [1.29, 1.82) is 0 Å². The fourth-order valence-electron chi connectivity index (χ4n) is 2.05. The number of carbonyl (C=O) groups is 1. The van der Waals surface area contributed by atoms with Crippen LogP contribution in [0, 0.1) is 0 Å². The fraction of sp³-hybridized carbons (Fsp3) is 0.417. The normalized spacial score (nSPS) is 26.3. The lowest BCUT2D eigenvalue weighted by atomic mass is 9.96. The molecule has 0 aromatic heterocycles. The standard InChI is InChI=1S/C12H13NO4/c1-12(7-13-11(14)17-12)8-2-3-9-10(6-8)16-5-4-15-9/h2-3,6H,4-5,7H2,1H3,(H,13,14). The predicted octanol–water partition coefficient (Wildman–Crippen LogP) is 1.41. The maximum atomic E-state index is 11.1. The molecule has 17 heavy (non-hydrogen) atoms. The summed E-state index contributed by atoms with van der Waals surface area (Å²) in [6.07, 6.45) is -0.387. The van der Waals surface area contributed by atoms with Crippen LogP contribution in [0.15, 0.2) is 18.2 Å². The number of hydrogen-bond donors (Lipinski definition) is 1. The Morgan fingerprint density at radius 2 is 2.00 bits per heavy atom. The Hall–Kier alpha value is -1.91. The molecule has 90 valence electrons. The molecule has 0 radical (unpaired) electrons. The molecule has 5 heteroatoms. The van der Waals surface area contributed by atoms with Crippen molar-refractivity contribution in [1.82, 2.24) is 5.32 Å². The van der Waals surface area contributed by atoms with Crippen LogP contribution in [0.4, 0.5) is 4.79 Å². The zero-order chi connectivity index (χ0) is 11.9. The second-order valence-corrected chi connectivity index (χ2v) is 4.33. The third kappa shape index (κ3) is 1.67. The van der Waals surface area contributed by atoms with Gasteiger partial charge in [-0.1, -0.05) is 6.07 Å². The van der Waals surface area contributed by atoms with Crippen molar-refractivity contribution in [2.75, 3.05) is 19.8 Å². The van der Waals surface area contributed by atoms with E-state index in [4.69, 9.17) is 14.2 Å². The summed E-state index contributed by atoms with van der Waals surface area (Å²) >= 11 is 0. The highest BCUT2D eigenvalue weighted by Crippen LogP contribution is 2.36. The molecule has 2 heterocycles. The molecular formula is C12H13NO4. The number of nitrogens with one attached hydrogen (secondary N) is 1. The van der Waals surface area contributed by atoms with E-state index >= 15 is 0 Å². The van der Waals surface area contributed by atoms with E-state index in [2.05, 4.69) is 5.32 Å². The van der Waals surface area contributed by atoms with Crippen LogP contribution in [0.2, 0.25) is 0 Å². The highest BCUT2D eigenvalue weighted by atomic mass is 16.6. The molecule has 1 saturated heterocycles. The SMILES string of the molecule is CC1(c2ccc3c(c2)OCCO3)CNC(=O)O1. The Morgan fingerprint density at radius 1 is 1.24 bits per heavy atom. The van der Waals surface area contributed by atoms with E-state index in [1.807, 2.05) is 25.1 Å². The van der Waals surface area contributed by atoms with Crippen molar-refractivity contribution in [3.8, 4) is 11.5 Å². The van der Waals surface area contributed by atoms with Crippen LogP contribution in [0.25, 0.3) is 0 Å². The molecular weight excluding hydrogens is 222 g/mol. The van der Waals surface area contributed by atoms with Gasteiger partial charge in [0.15, 0.2) is 17.1 Å². The van der Waals surface area contributed by atoms with Crippen molar-refractivity contribution >= 4 is 6.09 Å². The van der Waals surface area contributed by atoms with Gasteiger partial charge in [-0.25, -0.2) is 4.79 Å². The van der Waals surface area contributed by atoms with Gasteiger partial charge in [0.2, 0.25) is 0 Å². The lowest BCUT2D eigenvalue weighted by molar-refractivity contribution is 0.0698. The summed E-state index contributed by atoms with van der Waals surface area (Å²) in [5.41, 5.74) is 0.271. The number of carbonyl (C=O) groups excluding carboxylic acids is 1. The lowest BCUT2D eigenvalue weighted by Crippen LogP contribution is -2.26. The van der Waals surface area contributed by atoms with Crippen molar-refractivity contribution in [3.63, 3.8) is 0 Å². The first-order valence-electron chi connectivity index (χ1n) is 5.54. The summed E-state index contributed by atoms with van der Waals surface area (Å²) in [6.45, 7) is 3.45. The Labute approximate surface area is 98.7 Å². The summed E-state index contributed by atoms with van der Waals surface area (Å²) in [6, 6.07) is 5.61. The zero-order valence-electron chi connectivity index (χ0n) is 9.49. The summed E-state index contributed by atoms with van der Waals surface area (Å²) < 4.78 is 16.2. The number of amides is 1. The van der Waals surface area contributed by atoms with Gasteiger partial charge in [-0.2, -0.15) is 0 Å². The first-order chi connectivity index (χ1) is 8.17. The summed E-state index contributed by atoms with van der Waals surface area (Å²) in [5.74, 6) is 1.44. The van der Waals surface area contributed by atoms with Crippen LogP contribution in [0.3, 0.4) is 0 Å². The van der Waals surface area contributed by atoms with Crippen LogP contribution in [-0.4, -0.2) is 25.9 Å². The Bertz CT molecular complexity index is 474. The van der Waals surface area contributed by atoms with Crippen molar-refractivity contribution in [3.05, 3.63) is 23.8 Å². The minimum absolute atomic E-state index is 0.387. The smallest absolute Gasteiger partial charge is 0.408 e. The van der Waals surface area contributed by atoms with Gasteiger partial charge in [-0.05, 0) is 19.1 Å². The van der Waals surface area contributed by atoms with E-state index < -0.39 is 5.60 Å². The molecule has 5 nitrogen and oxygen atoms in total. The van der Waals surface area contributed by atoms with E-state index in [9.17, 15) is 4.79 Å². The van der Waals surface area contributed by atoms with Crippen molar-refractivity contribution in [2.45, 2.75) is 12.5 Å². The van der Waals surface area contributed by atoms with E-state index in [-0.39, 0.29) is 6.09 Å². The number of rotatable bonds is 1. The molecule has 0 saturated carbocycles. The molecule has 1 atom stereocenters. The van der Waals surface area contributed by atoms with Gasteiger partial charge in [0, 0.05) is 5.56 Å². The number of cyclic esters (lactones) is 1. The Morgan fingerprint density at radius 3 is 2.71 bits per heavy atom. The van der Waals surface area contributed by atoms with Gasteiger partial charge >= 0.3 is 6.09 Å². The number of ether oxygens (including phenoxy) is 3. The number of alkyl carbamates (subject to hydrolysis) is 1. The molecule has 0 aliphatic carbocycles. The molecule has 1 aromatic rings. The second kappa shape index (κ2) is 3.55. The summed E-state index contributed by atoms with van der Waals surface area (Å²) in [5, 5.41) is 2.66. The van der Waals surface area contributed by atoms with Crippen LogP contribution in [0.5, 0.6) is 11.5 Å². The summed E-state index contributed by atoms with van der Waals surface area (Å²) in [4.78, 5) is 11.1. The fourth-order valence-corrected chi connectivity index (χ4v) is 2.05. The second-order valence-electron chi connectivity index (χ2n) is 4.33. The highest BCUT2D eigenvalue weighted by Gasteiger charge is 2.38. The average molecular weight is 235 g/mol. The first kappa shape index (κ1) is 10.3. The molecule has 2 aliphatic heterocycles. The molecule has 1 amide bonds. The third-order valence-electron chi connectivity index (χ3n) is 3.04. The van der Waals surface area contributed by atoms with Gasteiger partial charge in [0.05, 0.1) is 6.54 Å². The number of benzene rings is 1. The molecule has 2 aliphatic rings. The largest absolute Gasteiger partial charge is 0.486 e. The monoisotopic (exact) mass is 235 g/mol. The minimum atomic E-state index is -0.632. The topological polar surface area (TPSA) is 56.8 Å². The van der Waals surface area contributed by atoms with Crippen LogP contribution in [0.1, 0.15) is 12.5 Å². The van der Waals surface area contributed by atoms with Gasteiger partial charge in [-0.15, -0.1) is 0 Å². The van der Waals surface area contributed by atoms with E-state index in [1.165, 1.54) is 0 Å². The molecule has 0 spiro atoms. The molecule has 1 unspecified atom stereocenters. The molecule has 0 bridgehead atoms. The maximum absolute atomic E-state index is 11.1. The van der Waals surface area contributed by atoms with E-state index in [1.54, 1.807) is 0 Å². The number of fused-ring (bicyclic) bond motifs is 1. The van der Waals surface area contributed by atoms with Crippen molar-refractivity contribution < 1.29 is 19.0 Å². The van der Waals surface area contributed by atoms with Crippen molar-refractivity contribution in [2.24, 2.45) is 0 Å². The van der Waals surface area contributed by atoms with Gasteiger partial charge in [0.1, 0.15) is 13.2 Å². The maximum Gasteiger partial charge on any atom is 0.408 e. The molecule has 3 rings (SSSR count). The van der Waals surface area contributed by atoms with Crippen LogP contribution in [-0.2, 0) is 10.3 Å². The van der Waals surface area contributed by atoms with Gasteiger partial charge in [-0.3, -0.25) is 0 Å². The third-order valence-corrected chi connectivity index (χ3v) is 3.04. The zero-order valence-corrected chi connectivity index (χ0v) is 9.49. The Balaban J connectivity index is 1.96. The molecule has 1 aromatic carbocycles. The molecule has 1 N–H and O–H groups in total.